The molecule has 0 bridgehead atoms. The number of hydrogen-bond donors (Lipinski definition) is 1. The van der Waals surface area contributed by atoms with Crippen molar-refractivity contribution in [3.05, 3.63) is 12.7 Å². The summed E-state index contributed by atoms with van der Waals surface area (Å²) in [6.45, 7) is 3.42. The summed E-state index contributed by atoms with van der Waals surface area (Å²) in [5.74, 6) is 0. The molecule has 0 amide bonds. The molecule has 0 aromatic heterocycles. The van der Waals surface area contributed by atoms with Gasteiger partial charge in [-0.3, -0.25) is 0 Å². The fourth-order valence-corrected chi connectivity index (χ4v) is 2.27. The molecule has 0 fully saturated rings. The normalized spacial score (nSPS) is 14.5. The monoisotopic (exact) mass is 178 g/mol. The molecule has 0 aliphatic heterocycles. The minimum Gasteiger partial charge on any atom is -0.384 e. The van der Waals surface area contributed by atoms with Gasteiger partial charge in [-0.1, -0.05) is 6.08 Å². The summed E-state index contributed by atoms with van der Waals surface area (Å²) in [5.41, 5.74) is -0.873. The third-order valence-corrected chi connectivity index (χ3v) is 4.11. The Bertz CT molecular complexity index is 115. The number of rotatable bonds is 5. The highest BCUT2D eigenvalue weighted by molar-refractivity contribution is 6.62. The van der Waals surface area contributed by atoms with Crippen molar-refractivity contribution in [2.45, 2.75) is 5.73 Å². The van der Waals surface area contributed by atoms with E-state index in [1.54, 1.807) is 0 Å². The molecule has 0 aromatic carbocycles. The second-order valence-corrected chi connectivity index (χ2v) is 4.92. The fourth-order valence-electron chi connectivity index (χ4n) is 0.757. The van der Waals surface area contributed by atoms with Crippen molar-refractivity contribution in [2.24, 2.45) is 0 Å². The van der Waals surface area contributed by atoms with Gasteiger partial charge in [0, 0.05) is 21.3 Å². The van der Waals surface area contributed by atoms with E-state index in [9.17, 15) is 5.11 Å². The standard InChI is InChI=1S/C6H14O4Si/c1-5-6(7)11(8-2,9-3)10-4/h5-7H,1H2,2-4H3. The van der Waals surface area contributed by atoms with Crippen LogP contribution in [0.5, 0.6) is 0 Å². The molecule has 0 radical (unpaired) electrons. The van der Waals surface area contributed by atoms with Crippen LogP contribution in [0, 0.1) is 0 Å². The first-order valence-electron chi connectivity index (χ1n) is 3.13. The van der Waals surface area contributed by atoms with Gasteiger partial charge >= 0.3 is 8.80 Å². The summed E-state index contributed by atoms with van der Waals surface area (Å²) in [4.78, 5) is 0. The first-order valence-corrected chi connectivity index (χ1v) is 4.93. The van der Waals surface area contributed by atoms with E-state index in [4.69, 9.17) is 13.3 Å². The first-order chi connectivity index (χ1) is 5.16. The summed E-state index contributed by atoms with van der Waals surface area (Å²) in [7, 11) is 1.43. The van der Waals surface area contributed by atoms with Crippen LogP contribution in [0.3, 0.4) is 0 Å². The van der Waals surface area contributed by atoms with Crippen LogP contribution in [0.1, 0.15) is 0 Å². The SMILES string of the molecule is C=CC(O)[Si](OC)(OC)OC. The average molecular weight is 178 g/mol. The van der Waals surface area contributed by atoms with Gasteiger partial charge in [-0.15, -0.1) is 6.58 Å². The first kappa shape index (κ1) is 10.8. The zero-order valence-electron chi connectivity index (χ0n) is 7.03. The molecule has 1 N–H and O–H groups in total. The molecular formula is C6H14O4Si. The minimum atomic E-state index is -2.88. The molecule has 0 saturated heterocycles. The Hall–Kier alpha value is -0.203. The van der Waals surface area contributed by atoms with Crippen LogP contribution >= 0.6 is 0 Å². The zero-order valence-corrected chi connectivity index (χ0v) is 8.03. The highest BCUT2D eigenvalue weighted by Gasteiger charge is 2.45. The van der Waals surface area contributed by atoms with E-state index in [0.29, 0.717) is 0 Å². The molecule has 0 spiro atoms. The van der Waals surface area contributed by atoms with Crippen molar-refractivity contribution >= 4 is 8.80 Å². The Morgan fingerprint density at radius 3 is 1.73 bits per heavy atom. The van der Waals surface area contributed by atoms with Gasteiger partial charge in [0.15, 0.2) is 0 Å². The second-order valence-electron chi connectivity index (χ2n) is 1.90. The lowest BCUT2D eigenvalue weighted by atomic mass is 10.7. The van der Waals surface area contributed by atoms with Gasteiger partial charge in [0.1, 0.15) is 5.73 Å². The lowest BCUT2D eigenvalue weighted by Gasteiger charge is -2.26. The summed E-state index contributed by atoms with van der Waals surface area (Å²) in [5, 5.41) is 9.34. The lowest BCUT2D eigenvalue weighted by Crippen LogP contribution is -2.53. The number of hydrogen-bond acceptors (Lipinski definition) is 4. The number of aliphatic hydroxyl groups excluding tert-OH is 1. The predicted molar refractivity (Wildman–Crippen MR) is 43.0 cm³/mol. The van der Waals surface area contributed by atoms with Crippen LogP contribution in [-0.4, -0.2) is 41.0 Å². The van der Waals surface area contributed by atoms with Crippen molar-refractivity contribution in [2.75, 3.05) is 21.3 Å². The van der Waals surface area contributed by atoms with Gasteiger partial charge in [0.25, 0.3) is 0 Å². The van der Waals surface area contributed by atoms with Crippen LogP contribution in [0.15, 0.2) is 12.7 Å². The van der Waals surface area contributed by atoms with Crippen molar-refractivity contribution in [3.8, 4) is 0 Å². The molecule has 0 saturated carbocycles. The van der Waals surface area contributed by atoms with Gasteiger partial charge < -0.3 is 18.4 Å². The maximum Gasteiger partial charge on any atom is 0.534 e. The zero-order chi connectivity index (χ0) is 8.91. The molecular weight excluding hydrogens is 164 g/mol. The second kappa shape index (κ2) is 4.63. The van der Waals surface area contributed by atoms with Gasteiger partial charge in [-0.05, 0) is 0 Å². The molecule has 11 heavy (non-hydrogen) atoms. The van der Waals surface area contributed by atoms with E-state index >= 15 is 0 Å². The molecule has 5 heteroatoms. The molecule has 66 valence electrons. The van der Waals surface area contributed by atoms with Crippen LogP contribution in [0.2, 0.25) is 0 Å². The van der Waals surface area contributed by atoms with Crippen molar-refractivity contribution in [3.63, 3.8) is 0 Å². The van der Waals surface area contributed by atoms with Crippen molar-refractivity contribution in [1.29, 1.82) is 0 Å². The predicted octanol–water partition coefficient (Wildman–Crippen LogP) is -0.0494. The maximum absolute atomic E-state index is 9.34. The van der Waals surface area contributed by atoms with Gasteiger partial charge in [0.2, 0.25) is 0 Å². The number of aliphatic hydroxyl groups is 1. The van der Waals surface area contributed by atoms with Crippen LogP contribution in [-0.2, 0) is 13.3 Å². The Balaban J connectivity index is 4.38. The summed E-state index contributed by atoms with van der Waals surface area (Å²) in [6, 6.07) is 0. The third kappa shape index (κ3) is 2.11. The van der Waals surface area contributed by atoms with Gasteiger partial charge in [-0.2, -0.15) is 0 Å². The Morgan fingerprint density at radius 1 is 1.27 bits per heavy atom. The topological polar surface area (TPSA) is 47.9 Å². The molecule has 0 aliphatic carbocycles. The lowest BCUT2D eigenvalue weighted by molar-refractivity contribution is 0.0744. The minimum absolute atomic E-state index is 0.873. The van der Waals surface area contributed by atoms with E-state index in [-0.39, 0.29) is 0 Å². The Labute approximate surface area is 67.8 Å². The van der Waals surface area contributed by atoms with Crippen LogP contribution in [0.4, 0.5) is 0 Å². The Morgan fingerprint density at radius 2 is 1.64 bits per heavy atom. The average Bonchev–Trinajstić information content (AvgIpc) is 2.08. The van der Waals surface area contributed by atoms with Crippen molar-refractivity contribution in [1.82, 2.24) is 0 Å². The molecule has 0 aliphatic rings. The summed E-state index contributed by atoms with van der Waals surface area (Å²) < 4.78 is 14.9. The van der Waals surface area contributed by atoms with E-state index in [1.807, 2.05) is 0 Å². The smallest absolute Gasteiger partial charge is 0.384 e. The highest BCUT2D eigenvalue weighted by atomic mass is 28.4. The third-order valence-electron chi connectivity index (χ3n) is 1.44. The van der Waals surface area contributed by atoms with Gasteiger partial charge in [-0.25, -0.2) is 0 Å². The molecule has 1 unspecified atom stereocenters. The highest BCUT2D eigenvalue weighted by Crippen LogP contribution is 2.11. The molecule has 0 heterocycles. The van der Waals surface area contributed by atoms with Gasteiger partial charge in [0.05, 0.1) is 0 Å². The molecule has 0 aromatic rings. The summed E-state index contributed by atoms with van der Waals surface area (Å²) in [6.07, 6.45) is 1.34. The molecule has 1 atom stereocenters. The molecule has 0 rings (SSSR count). The quantitative estimate of drug-likeness (QED) is 0.474. The van der Waals surface area contributed by atoms with E-state index < -0.39 is 14.5 Å². The van der Waals surface area contributed by atoms with Crippen LogP contribution < -0.4 is 0 Å². The fraction of sp³-hybridized carbons (Fsp3) is 0.667. The van der Waals surface area contributed by atoms with E-state index in [0.717, 1.165) is 0 Å². The maximum atomic E-state index is 9.34. The molecule has 4 nitrogen and oxygen atoms in total. The largest absolute Gasteiger partial charge is 0.534 e. The van der Waals surface area contributed by atoms with E-state index in [1.165, 1.54) is 27.4 Å². The van der Waals surface area contributed by atoms with E-state index in [2.05, 4.69) is 6.58 Å². The Kier molecular flexibility index (Phi) is 4.54. The van der Waals surface area contributed by atoms with Crippen molar-refractivity contribution < 1.29 is 18.4 Å². The summed E-state index contributed by atoms with van der Waals surface area (Å²) >= 11 is 0. The van der Waals surface area contributed by atoms with Crippen LogP contribution in [0.25, 0.3) is 0 Å².